The molecule has 0 spiro atoms. The lowest BCUT2D eigenvalue weighted by molar-refractivity contribution is -0.161. The van der Waals surface area contributed by atoms with Gasteiger partial charge in [0.1, 0.15) is 6.42 Å². The molecule has 0 aliphatic carbocycles. The Morgan fingerprint density at radius 1 is 1.53 bits per heavy atom. The topological polar surface area (TPSA) is 20.3 Å². The fourth-order valence-corrected chi connectivity index (χ4v) is 1.54. The Bertz CT molecular complexity index is 270. The number of halogens is 3. The quantitative estimate of drug-likeness (QED) is 0.656. The van der Waals surface area contributed by atoms with E-state index in [2.05, 4.69) is 0 Å². The van der Waals surface area contributed by atoms with Crippen LogP contribution in [0.15, 0.2) is 11.6 Å². The van der Waals surface area contributed by atoms with Crippen molar-refractivity contribution in [3.05, 3.63) is 11.6 Å². The molecule has 0 bridgehead atoms. The summed E-state index contributed by atoms with van der Waals surface area (Å²) in [6.07, 6.45) is -2.30. The van der Waals surface area contributed by atoms with Gasteiger partial charge in [0.05, 0.1) is 0 Å². The lowest BCUT2D eigenvalue weighted by Gasteiger charge is -2.26. The number of hydrogen-bond donors (Lipinski definition) is 0. The Hall–Kier alpha value is -1.00. The van der Waals surface area contributed by atoms with Gasteiger partial charge in [-0.2, -0.15) is 13.2 Å². The van der Waals surface area contributed by atoms with Crippen molar-refractivity contribution in [2.75, 3.05) is 13.1 Å². The molecule has 1 aliphatic heterocycles. The molecular formula is C10H14F3NO. The molecule has 0 atom stereocenters. The number of rotatable bonds is 2. The fourth-order valence-electron chi connectivity index (χ4n) is 1.54. The van der Waals surface area contributed by atoms with Crippen LogP contribution in [-0.4, -0.2) is 30.1 Å². The molecular weight excluding hydrogens is 207 g/mol. The van der Waals surface area contributed by atoms with E-state index in [9.17, 15) is 18.0 Å². The highest BCUT2D eigenvalue weighted by molar-refractivity contribution is 5.77. The van der Waals surface area contributed by atoms with Gasteiger partial charge in [-0.25, -0.2) is 0 Å². The zero-order valence-corrected chi connectivity index (χ0v) is 8.60. The van der Waals surface area contributed by atoms with Gasteiger partial charge in [-0.05, 0) is 12.8 Å². The summed E-state index contributed by atoms with van der Waals surface area (Å²) >= 11 is 0. The van der Waals surface area contributed by atoms with Crippen molar-refractivity contribution in [3.8, 4) is 0 Å². The van der Waals surface area contributed by atoms with Crippen molar-refractivity contribution in [2.45, 2.75) is 32.4 Å². The lowest BCUT2D eigenvalue weighted by atomic mass is 10.1. The van der Waals surface area contributed by atoms with E-state index in [0.717, 1.165) is 6.42 Å². The van der Waals surface area contributed by atoms with Crippen LogP contribution >= 0.6 is 0 Å². The third-order valence-electron chi connectivity index (χ3n) is 2.46. The van der Waals surface area contributed by atoms with E-state index in [0.29, 0.717) is 19.5 Å². The molecule has 1 heterocycles. The van der Waals surface area contributed by atoms with Crippen LogP contribution in [0.1, 0.15) is 26.2 Å². The Labute approximate surface area is 86.7 Å². The zero-order valence-electron chi connectivity index (χ0n) is 8.60. The minimum atomic E-state index is -4.40. The third kappa shape index (κ3) is 3.93. The van der Waals surface area contributed by atoms with Gasteiger partial charge in [-0.15, -0.1) is 0 Å². The number of carbonyl (C=O) groups is 1. The van der Waals surface area contributed by atoms with Gasteiger partial charge >= 0.3 is 6.18 Å². The molecule has 86 valence electrons. The van der Waals surface area contributed by atoms with Gasteiger partial charge in [0.15, 0.2) is 0 Å². The number of carbonyl (C=O) groups excluding carboxylic acids is 1. The van der Waals surface area contributed by atoms with E-state index >= 15 is 0 Å². The predicted octanol–water partition coefficient (Wildman–Crippen LogP) is 2.51. The van der Waals surface area contributed by atoms with E-state index < -0.39 is 18.5 Å². The van der Waals surface area contributed by atoms with E-state index in [1.165, 1.54) is 10.5 Å². The standard InChI is InChI=1S/C10H14F3NO/c1-2-8-3-5-14(6-4-8)9(15)7-10(11,12)13/h3H,2,4-7H2,1H3. The van der Waals surface area contributed by atoms with Crippen LogP contribution in [0.2, 0.25) is 0 Å². The number of nitrogens with zero attached hydrogens (tertiary/aromatic N) is 1. The highest BCUT2D eigenvalue weighted by Gasteiger charge is 2.33. The molecule has 0 aromatic carbocycles. The first-order valence-corrected chi connectivity index (χ1v) is 4.95. The Morgan fingerprint density at radius 2 is 2.20 bits per heavy atom. The fraction of sp³-hybridized carbons (Fsp3) is 0.700. The highest BCUT2D eigenvalue weighted by Crippen LogP contribution is 2.22. The van der Waals surface area contributed by atoms with Crippen LogP contribution in [0.4, 0.5) is 13.2 Å². The van der Waals surface area contributed by atoms with Crippen molar-refractivity contribution in [3.63, 3.8) is 0 Å². The first-order valence-electron chi connectivity index (χ1n) is 4.95. The number of alkyl halides is 3. The Morgan fingerprint density at radius 3 is 2.60 bits per heavy atom. The van der Waals surface area contributed by atoms with Crippen LogP contribution < -0.4 is 0 Å². The Balaban J connectivity index is 2.47. The Kier molecular flexibility index (Phi) is 3.77. The lowest BCUT2D eigenvalue weighted by Crippen LogP contribution is -2.37. The summed E-state index contributed by atoms with van der Waals surface area (Å²) in [6, 6.07) is 0. The molecule has 1 aliphatic rings. The van der Waals surface area contributed by atoms with Gasteiger partial charge in [-0.3, -0.25) is 4.79 Å². The average molecular weight is 221 g/mol. The molecule has 0 saturated carbocycles. The monoisotopic (exact) mass is 221 g/mol. The second kappa shape index (κ2) is 4.68. The predicted molar refractivity (Wildman–Crippen MR) is 50.2 cm³/mol. The summed E-state index contributed by atoms with van der Waals surface area (Å²) in [5.41, 5.74) is 1.21. The summed E-state index contributed by atoms with van der Waals surface area (Å²) in [4.78, 5) is 12.4. The van der Waals surface area contributed by atoms with Crippen molar-refractivity contribution in [1.29, 1.82) is 0 Å². The van der Waals surface area contributed by atoms with Gasteiger partial charge in [0, 0.05) is 13.1 Å². The number of hydrogen-bond acceptors (Lipinski definition) is 1. The second-order valence-corrected chi connectivity index (χ2v) is 3.60. The van der Waals surface area contributed by atoms with Crippen molar-refractivity contribution in [1.82, 2.24) is 4.90 Å². The molecule has 0 unspecified atom stereocenters. The van der Waals surface area contributed by atoms with Crippen molar-refractivity contribution < 1.29 is 18.0 Å². The maximum absolute atomic E-state index is 11.9. The van der Waals surface area contributed by atoms with Gasteiger partial charge in [0.2, 0.25) is 5.91 Å². The SMILES string of the molecule is CCC1=CCN(C(=O)CC(F)(F)F)CC1. The molecule has 0 saturated heterocycles. The van der Waals surface area contributed by atoms with E-state index in [1.54, 1.807) is 0 Å². The molecule has 2 nitrogen and oxygen atoms in total. The van der Waals surface area contributed by atoms with Crippen LogP contribution in [0.5, 0.6) is 0 Å². The third-order valence-corrected chi connectivity index (χ3v) is 2.46. The van der Waals surface area contributed by atoms with Gasteiger partial charge < -0.3 is 4.90 Å². The van der Waals surface area contributed by atoms with Crippen LogP contribution in [0, 0.1) is 0 Å². The molecule has 0 N–H and O–H groups in total. The molecule has 0 fully saturated rings. The second-order valence-electron chi connectivity index (χ2n) is 3.60. The molecule has 1 rings (SSSR count). The minimum absolute atomic E-state index is 0.318. The van der Waals surface area contributed by atoms with E-state index in [4.69, 9.17) is 0 Å². The largest absolute Gasteiger partial charge is 0.397 e. The van der Waals surface area contributed by atoms with Crippen molar-refractivity contribution in [2.24, 2.45) is 0 Å². The zero-order chi connectivity index (χ0) is 11.5. The summed E-state index contributed by atoms with van der Waals surface area (Å²) in [6.45, 7) is 2.73. The first-order chi connectivity index (χ1) is 6.92. The summed E-state index contributed by atoms with van der Waals surface area (Å²) < 4.78 is 35.8. The normalized spacial score (nSPS) is 17.6. The van der Waals surface area contributed by atoms with Gasteiger partial charge in [0.25, 0.3) is 0 Å². The summed E-state index contributed by atoms with van der Waals surface area (Å²) in [7, 11) is 0. The average Bonchev–Trinajstić information content (AvgIpc) is 2.15. The van der Waals surface area contributed by atoms with E-state index in [1.807, 2.05) is 13.0 Å². The molecule has 0 aromatic heterocycles. The maximum Gasteiger partial charge on any atom is 0.397 e. The number of amides is 1. The maximum atomic E-state index is 11.9. The molecule has 0 radical (unpaired) electrons. The van der Waals surface area contributed by atoms with E-state index in [-0.39, 0.29) is 0 Å². The molecule has 0 aromatic rings. The summed E-state index contributed by atoms with van der Waals surface area (Å²) in [5, 5.41) is 0. The minimum Gasteiger partial charge on any atom is -0.338 e. The van der Waals surface area contributed by atoms with Crippen LogP contribution in [0.25, 0.3) is 0 Å². The molecule has 5 heteroatoms. The first kappa shape index (κ1) is 12.1. The van der Waals surface area contributed by atoms with Crippen molar-refractivity contribution >= 4 is 5.91 Å². The molecule has 15 heavy (non-hydrogen) atoms. The highest BCUT2D eigenvalue weighted by atomic mass is 19.4. The van der Waals surface area contributed by atoms with Crippen LogP contribution in [0.3, 0.4) is 0 Å². The smallest absolute Gasteiger partial charge is 0.338 e. The summed E-state index contributed by atoms with van der Waals surface area (Å²) in [5.74, 6) is -0.825. The van der Waals surface area contributed by atoms with Gasteiger partial charge in [-0.1, -0.05) is 18.6 Å². The van der Waals surface area contributed by atoms with Crippen LogP contribution in [-0.2, 0) is 4.79 Å². The molecule has 1 amide bonds.